The van der Waals surface area contributed by atoms with Crippen LogP contribution in [0.25, 0.3) is 0 Å². The van der Waals surface area contributed by atoms with E-state index in [1.807, 2.05) is 0 Å². The quantitative estimate of drug-likeness (QED) is 0.314. The zero-order valence-electron chi connectivity index (χ0n) is 22.4. The summed E-state index contributed by atoms with van der Waals surface area (Å²) in [5.41, 5.74) is 8.30. The summed E-state index contributed by atoms with van der Waals surface area (Å²) < 4.78 is 0. The molecule has 0 spiro atoms. The number of hydrogen-bond acceptors (Lipinski definition) is 4. The van der Waals surface area contributed by atoms with Gasteiger partial charge in [-0.3, -0.25) is 10.5 Å². The van der Waals surface area contributed by atoms with Crippen molar-refractivity contribution in [2.45, 2.75) is 135 Å². The third-order valence-corrected chi connectivity index (χ3v) is 10.4. The summed E-state index contributed by atoms with van der Waals surface area (Å²) in [5.74, 6) is 4.21. The third kappa shape index (κ3) is 5.70. The molecule has 35 heavy (non-hydrogen) atoms. The minimum Gasteiger partial charge on any atom is -0.362 e. The molecule has 1 amide bonds. The van der Waals surface area contributed by atoms with Gasteiger partial charge in [0.15, 0.2) is 6.29 Å². The van der Waals surface area contributed by atoms with Gasteiger partial charge >= 0.3 is 0 Å². The van der Waals surface area contributed by atoms with Gasteiger partial charge in [-0.2, -0.15) is 0 Å². The number of unbranched alkanes of at least 4 members (excludes halogenated alkanes) is 9. The molecule has 7 atom stereocenters. The van der Waals surface area contributed by atoms with Crippen LogP contribution in [0.2, 0.25) is 0 Å². The Hall–Kier alpha value is -1.23. The highest BCUT2D eigenvalue weighted by molar-refractivity contribution is 5.95. The van der Waals surface area contributed by atoms with Crippen molar-refractivity contribution in [3.05, 3.63) is 11.4 Å². The number of amides is 1. The van der Waals surface area contributed by atoms with Crippen LogP contribution < -0.4 is 16.4 Å². The number of hydrogen-bond donors (Lipinski definition) is 3. The van der Waals surface area contributed by atoms with Crippen molar-refractivity contribution >= 4 is 5.91 Å². The fraction of sp³-hybridized carbons (Fsp3) is 0.900. The van der Waals surface area contributed by atoms with E-state index in [9.17, 15) is 4.79 Å². The first-order valence-electron chi connectivity index (χ1n) is 15.5. The molecule has 0 aromatic carbocycles. The monoisotopic (exact) mass is 484 g/mol. The molecule has 0 saturated heterocycles. The van der Waals surface area contributed by atoms with E-state index in [-0.39, 0.29) is 5.91 Å². The molecule has 2 heterocycles. The molecule has 5 rings (SSSR count). The number of carbonyl (C=O) groups is 1. The first kappa shape index (κ1) is 25.4. The van der Waals surface area contributed by atoms with Gasteiger partial charge in [0.05, 0.1) is 0 Å². The van der Waals surface area contributed by atoms with E-state index in [1.165, 1.54) is 121 Å². The largest absolute Gasteiger partial charge is 0.362 e. The second-order valence-corrected chi connectivity index (χ2v) is 12.7. The molecule has 5 heteroatoms. The number of rotatable bonds is 11. The van der Waals surface area contributed by atoms with Gasteiger partial charge in [-0.05, 0) is 55.8 Å². The summed E-state index contributed by atoms with van der Waals surface area (Å²) in [6.45, 7) is 3.32. The minimum absolute atomic E-state index is 0.0596. The standard InChI is InChI=1S/C30H52N4O/c1-2-3-4-5-6-7-8-9-10-13-16-34-26-20-24-18-22-15-12-11-14-21(22)17-23(24)19-25(26)27-28(34)29(35)33-30(31)32-27/h21-26,30,32H,2-20,31H2,1H3,(H,33,35). The molecule has 5 aliphatic rings. The van der Waals surface area contributed by atoms with E-state index in [1.54, 1.807) is 0 Å². The van der Waals surface area contributed by atoms with Crippen LogP contribution in [-0.4, -0.2) is 29.7 Å². The summed E-state index contributed by atoms with van der Waals surface area (Å²) in [6, 6.07) is 0.503. The molecule has 198 valence electrons. The number of nitrogens with one attached hydrogen (secondary N) is 2. The van der Waals surface area contributed by atoms with Gasteiger partial charge in [0, 0.05) is 24.2 Å². The highest BCUT2D eigenvalue weighted by atomic mass is 16.2. The van der Waals surface area contributed by atoms with Crippen molar-refractivity contribution in [2.24, 2.45) is 35.3 Å². The Bertz CT molecular complexity index is 751. The molecule has 3 fully saturated rings. The van der Waals surface area contributed by atoms with E-state index in [4.69, 9.17) is 5.73 Å². The maximum atomic E-state index is 13.1. The summed E-state index contributed by atoms with van der Waals surface area (Å²) in [6.07, 6.45) is 24.4. The predicted molar refractivity (Wildman–Crippen MR) is 143 cm³/mol. The summed E-state index contributed by atoms with van der Waals surface area (Å²) in [5, 5.41) is 6.47. The molecule has 0 radical (unpaired) electrons. The maximum Gasteiger partial charge on any atom is 0.271 e. The Balaban J connectivity index is 1.17. The molecule has 3 saturated carbocycles. The van der Waals surface area contributed by atoms with Crippen molar-refractivity contribution in [3.63, 3.8) is 0 Å². The SMILES string of the molecule is CCCCCCCCCCCCN1C2=C(NC(N)NC2=O)C2CC3CC4CCCCC4CC3CC21. The molecule has 3 aliphatic carbocycles. The summed E-state index contributed by atoms with van der Waals surface area (Å²) in [4.78, 5) is 15.6. The van der Waals surface area contributed by atoms with Crippen LogP contribution in [0.15, 0.2) is 11.4 Å². The van der Waals surface area contributed by atoms with Crippen LogP contribution >= 0.6 is 0 Å². The Morgan fingerprint density at radius 1 is 0.771 bits per heavy atom. The third-order valence-electron chi connectivity index (χ3n) is 10.4. The normalized spacial score (nSPS) is 36.1. The van der Waals surface area contributed by atoms with Crippen molar-refractivity contribution < 1.29 is 4.79 Å². The van der Waals surface area contributed by atoms with Crippen LogP contribution in [0.4, 0.5) is 0 Å². The van der Waals surface area contributed by atoms with Crippen molar-refractivity contribution in [1.29, 1.82) is 0 Å². The Morgan fingerprint density at radius 2 is 1.37 bits per heavy atom. The second kappa shape index (κ2) is 11.9. The molecule has 0 bridgehead atoms. The van der Waals surface area contributed by atoms with Crippen molar-refractivity contribution in [2.75, 3.05) is 6.54 Å². The van der Waals surface area contributed by atoms with Gasteiger partial charge in [-0.1, -0.05) is 90.4 Å². The minimum atomic E-state index is -0.439. The first-order valence-corrected chi connectivity index (χ1v) is 15.5. The molecule has 0 aromatic rings. The van der Waals surface area contributed by atoms with Crippen LogP contribution in [0.5, 0.6) is 0 Å². The van der Waals surface area contributed by atoms with Gasteiger partial charge in [0.25, 0.3) is 5.91 Å². The van der Waals surface area contributed by atoms with Gasteiger partial charge in [-0.15, -0.1) is 0 Å². The molecule has 4 N–H and O–H groups in total. The lowest BCUT2D eigenvalue weighted by Crippen LogP contribution is -2.56. The predicted octanol–water partition coefficient (Wildman–Crippen LogP) is 6.01. The van der Waals surface area contributed by atoms with E-state index < -0.39 is 6.29 Å². The van der Waals surface area contributed by atoms with E-state index in [2.05, 4.69) is 22.5 Å². The van der Waals surface area contributed by atoms with Crippen LogP contribution in [-0.2, 0) is 4.79 Å². The number of nitrogens with zero attached hydrogens (tertiary/aromatic N) is 1. The topological polar surface area (TPSA) is 70.4 Å². The number of carbonyl (C=O) groups excluding carboxylic acids is 1. The fourth-order valence-corrected chi connectivity index (χ4v) is 8.64. The molecule has 5 nitrogen and oxygen atoms in total. The Labute approximate surface area is 214 Å². The highest BCUT2D eigenvalue weighted by Gasteiger charge is 2.52. The van der Waals surface area contributed by atoms with Crippen molar-refractivity contribution in [1.82, 2.24) is 15.5 Å². The van der Waals surface area contributed by atoms with E-state index in [0.717, 1.165) is 35.9 Å². The zero-order valence-corrected chi connectivity index (χ0v) is 22.4. The van der Waals surface area contributed by atoms with Gasteiger partial charge < -0.3 is 15.5 Å². The van der Waals surface area contributed by atoms with E-state index in [0.29, 0.717) is 12.0 Å². The number of fused-ring (bicyclic) bond motifs is 4. The lowest BCUT2D eigenvalue weighted by molar-refractivity contribution is -0.120. The Kier molecular flexibility index (Phi) is 8.63. The summed E-state index contributed by atoms with van der Waals surface area (Å²) in [7, 11) is 0. The number of nitrogens with two attached hydrogens (primary N) is 1. The smallest absolute Gasteiger partial charge is 0.271 e. The molecule has 7 unspecified atom stereocenters. The van der Waals surface area contributed by atoms with Crippen LogP contribution in [0.3, 0.4) is 0 Å². The Morgan fingerprint density at radius 3 is 2.03 bits per heavy atom. The molecular weight excluding hydrogens is 432 g/mol. The average molecular weight is 485 g/mol. The molecule has 2 aliphatic heterocycles. The maximum absolute atomic E-state index is 13.1. The molecule has 0 aromatic heterocycles. The van der Waals surface area contributed by atoms with Crippen LogP contribution in [0, 0.1) is 29.6 Å². The fourth-order valence-electron chi connectivity index (χ4n) is 8.64. The van der Waals surface area contributed by atoms with Crippen molar-refractivity contribution in [3.8, 4) is 0 Å². The highest BCUT2D eigenvalue weighted by Crippen LogP contribution is 2.55. The lowest BCUT2D eigenvalue weighted by atomic mass is 9.57. The average Bonchev–Trinajstić information content (AvgIpc) is 3.15. The van der Waals surface area contributed by atoms with Gasteiger partial charge in [-0.25, -0.2) is 0 Å². The van der Waals surface area contributed by atoms with E-state index >= 15 is 0 Å². The van der Waals surface area contributed by atoms with Crippen LogP contribution in [0.1, 0.15) is 122 Å². The molecular formula is C30H52N4O. The first-order chi connectivity index (χ1) is 17.2. The van der Waals surface area contributed by atoms with Gasteiger partial charge in [0.2, 0.25) is 0 Å². The van der Waals surface area contributed by atoms with Gasteiger partial charge in [0.1, 0.15) is 5.70 Å². The lowest BCUT2D eigenvalue weighted by Gasteiger charge is -2.50. The summed E-state index contributed by atoms with van der Waals surface area (Å²) >= 11 is 0. The second-order valence-electron chi connectivity index (χ2n) is 12.7. The zero-order chi connectivity index (χ0) is 24.2.